The molecule has 0 aliphatic heterocycles. The maximum Gasteiger partial charge on any atom is 0.257 e. The van der Waals surface area contributed by atoms with Crippen LogP contribution in [0.4, 0.5) is 10.8 Å². The average Bonchev–Trinajstić information content (AvgIpc) is 3.24. The summed E-state index contributed by atoms with van der Waals surface area (Å²) in [4.78, 5) is 24.8. The Bertz CT molecular complexity index is 1070. The molecule has 8 heteroatoms. The van der Waals surface area contributed by atoms with Crippen LogP contribution in [0.2, 0.25) is 0 Å². The monoisotopic (exact) mass is 482 g/mol. The van der Waals surface area contributed by atoms with Gasteiger partial charge in [-0.05, 0) is 53.6 Å². The van der Waals surface area contributed by atoms with Crippen molar-refractivity contribution >= 4 is 45.7 Å². The molecule has 0 bridgehead atoms. The van der Waals surface area contributed by atoms with Gasteiger partial charge in [0.2, 0.25) is 11.0 Å². The summed E-state index contributed by atoms with van der Waals surface area (Å²) in [5.41, 5.74) is 3.82. The Hall–Kier alpha value is -2.71. The maximum absolute atomic E-state index is 12.5. The Kier molecular flexibility index (Phi) is 8.63. The Labute approximate surface area is 203 Å². The first kappa shape index (κ1) is 24.9. The van der Waals surface area contributed by atoms with Crippen LogP contribution in [0.5, 0.6) is 0 Å². The van der Waals surface area contributed by atoms with E-state index >= 15 is 0 Å². The number of amides is 2. The number of unbranched alkanes of at least 4 members (excludes halogenated alkanes) is 1. The topological polar surface area (TPSA) is 84.0 Å². The molecule has 1 aromatic heterocycles. The number of carbonyl (C=O) groups excluding carboxylic acids is 2. The summed E-state index contributed by atoms with van der Waals surface area (Å²) in [6, 6.07) is 15.5. The minimum atomic E-state index is -0.233. The van der Waals surface area contributed by atoms with Crippen molar-refractivity contribution in [2.45, 2.75) is 56.7 Å². The van der Waals surface area contributed by atoms with Gasteiger partial charge in [-0.3, -0.25) is 14.9 Å². The summed E-state index contributed by atoms with van der Waals surface area (Å²) in [5, 5.41) is 14.2. The van der Waals surface area contributed by atoms with Crippen molar-refractivity contribution in [3.63, 3.8) is 0 Å². The third-order valence-corrected chi connectivity index (χ3v) is 7.00. The van der Waals surface area contributed by atoms with E-state index in [0.29, 0.717) is 15.0 Å². The summed E-state index contributed by atoms with van der Waals surface area (Å²) < 4.78 is 0.624. The molecule has 0 saturated heterocycles. The zero-order valence-electron chi connectivity index (χ0n) is 19.5. The summed E-state index contributed by atoms with van der Waals surface area (Å²) in [7, 11) is 0. The van der Waals surface area contributed by atoms with Gasteiger partial charge < -0.3 is 5.32 Å². The molecule has 6 nitrogen and oxygen atoms in total. The standard InChI is InChI=1S/C25H30N4O2S2/c1-5-6-7-17-8-14-20(15-9-17)26-21(30)16-32-24-29-28-23(33-24)27-22(31)18-10-12-19(13-11-18)25(2,3)4/h8-15H,5-7,16H2,1-4H3,(H,26,30)(H,27,28,31). The number of aromatic nitrogens is 2. The van der Waals surface area contributed by atoms with E-state index < -0.39 is 0 Å². The molecule has 0 spiro atoms. The third kappa shape index (κ3) is 7.68. The van der Waals surface area contributed by atoms with Crippen LogP contribution >= 0.6 is 23.1 Å². The fraction of sp³-hybridized carbons (Fsp3) is 0.360. The first-order chi connectivity index (χ1) is 15.7. The molecule has 2 N–H and O–H groups in total. The highest BCUT2D eigenvalue weighted by molar-refractivity contribution is 8.01. The fourth-order valence-electron chi connectivity index (χ4n) is 3.07. The lowest BCUT2D eigenvalue weighted by atomic mass is 9.87. The highest BCUT2D eigenvalue weighted by atomic mass is 32.2. The van der Waals surface area contributed by atoms with E-state index in [1.165, 1.54) is 34.2 Å². The third-order valence-electron chi connectivity index (χ3n) is 5.02. The lowest BCUT2D eigenvalue weighted by Crippen LogP contribution is -2.14. The number of anilines is 2. The summed E-state index contributed by atoms with van der Waals surface area (Å²) in [5.74, 6) is -0.127. The van der Waals surface area contributed by atoms with Gasteiger partial charge in [-0.1, -0.05) is 81.5 Å². The second-order valence-corrected chi connectivity index (χ2v) is 11.0. The molecule has 0 atom stereocenters. The van der Waals surface area contributed by atoms with Crippen molar-refractivity contribution in [2.75, 3.05) is 16.4 Å². The second-order valence-electron chi connectivity index (χ2n) is 8.79. The minimum Gasteiger partial charge on any atom is -0.325 e. The van der Waals surface area contributed by atoms with Crippen LogP contribution in [-0.4, -0.2) is 27.8 Å². The number of thioether (sulfide) groups is 1. The van der Waals surface area contributed by atoms with Crippen LogP contribution in [0.25, 0.3) is 0 Å². The van der Waals surface area contributed by atoms with Crippen LogP contribution in [0.15, 0.2) is 52.9 Å². The molecule has 0 radical (unpaired) electrons. The van der Waals surface area contributed by atoms with Gasteiger partial charge in [0.05, 0.1) is 5.75 Å². The van der Waals surface area contributed by atoms with E-state index in [2.05, 4.69) is 60.7 Å². The smallest absolute Gasteiger partial charge is 0.257 e. The van der Waals surface area contributed by atoms with Crippen molar-refractivity contribution in [2.24, 2.45) is 0 Å². The van der Waals surface area contributed by atoms with Crippen molar-refractivity contribution in [1.29, 1.82) is 0 Å². The quantitative estimate of drug-likeness (QED) is 0.282. The first-order valence-electron chi connectivity index (χ1n) is 11.0. The number of rotatable bonds is 9. The summed E-state index contributed by atoms with van der Waals surface area (Å²) >= 11 is 2.54. The van der Waals surface area contributed by atoms with E-state index in [1.807, 2.05) is 36.4 Å². The molecule has 3 aromatic rings. The van der Waals surface area contributed by atoms with Gasteiger partial charge in [0.1, 0.15) is 0 Å². The molecule has 0 fully saturated rings. The van der Waals surface area contributed by atoms with E-state index in [-0.39, 0.29) is 23.0 Å². The van der Waals surface area contributed by atoms with Crippen LogP contribution in [0.3, 0.4) is 0 Å². The molecule has 174 valence electrons. The van der Waals surface area contributed by atoms with Gasteiger partial charge in [-0.25, -0.2) is 0 Å². The number of aryl methyl sites for hydroxylation is 1. The van der Waals surface area contributed by atoms with E-state index in [4.69, 9.17) is 0 Å². The predicted molar refractivity (Wildman–Crippen MR) is 137 cm³/mol. The Morgan fingerprint density at radius 1 is 0.970 bits per heavy atom. The zero-order valence-corrected chi connectivity index (χ0v) is 21.1. The van der Waals surface area contributed by atoms with Crippen molar-refractivity contribution < 1.29 is 9.59 Å². The molecule has 2 amide bonds. The molecule has 0 aliphatic rings. The normalized spacial score (nSPS) is 11.3. The Morgan fingerprint density at radius 3 is 2.30 bits per heavy atom. The van der Waals surface area contributed by atoms with Gasteiger partial charge >= 0.3 is 0 Å². The first-order valence-corrected chi connectivity index (χ1v) is 12.8. The van der Waals surface area contributed by atoms with Crippen LogP contribution < -0.4 is 10.6 Å². The number of hydrogen-bond donors (Lipinski definition) is 2. The molecule has 3 rings (SSSR count). The Balaban J connectivity index is 1.47. The van der Waals surface area contributed by atoms with Crippen molar-refractivity contribution in [1.82, 2.24) is 10.2 Å². The van der Waals surface area contributed by atoms with E-state index in [0.717, 1.165) is 24.9 Å². The lowest BCUT2D eigenvalue weighted by molar-refractivity contribution is -0.113. The number of nitrogens with zero attached hydrogens (tertiary/aromatic N) is 2. The van der Waals surface area contributed by atoms with Crippen molar-refractivity contribution in [3.05, 3.63) is 65.2 Å². The molecule has 33 heavy (non-hydrogen) atoms. The van der Waals surface area contributed by atoms with Crippen LogP contribution in [-0.2, 0) is 16.6 Å². The van der Waals surface area contributed by atoms with Crippen LogP contribution in [0, 0.1) is 0 Å². The predicted octanol–water partition coefficient (Wildman–Crippen LogP) is 6.16. The molecule has 0 unspecified atom stereocenters. The van der Waals surface area contributed by atoms with Gasteiger partial charge in [-0.2, -0.15) is 0 Å². The second kappa shape index (κ2) is 11.4. The number of carbonyl (C=O) groups is 2. The van der Waals surface area contributed by atoms with E-state index in [1.54, 1.807) is 0 Å². The number of nitrogens with one attached hydrogen (secondary N) is 2. The molecule has 0 aliphatic carbocycles. The molecule has 0 saturated carbocycles. The zero-order chi connectivity index (χ0) is 23.8. The lowest BCUT2D eigenvalue weighted by Gasteiger charge is -2.18. The van der Waals surface area contributed by atoms with Crippen molar-refractivity contribution in [3.8, 4) is 0 Å². The largest absolute Gasteiger partial charge is 0.325 e. The Morgan fingerprint density at radius 2 is 1.67 bits per heavy atom. The highest BCUT2D eigenvalue weighted by Gasteiger charge is 2.15. The maximum atomic E-state index is 12.5. The molecule has 1 heterocycles. The van der Waals surface area contributed by atoms with E-state index in [9.17, 15) is 9.59 Å². The average molecular weight is 483 g/mol. The molecule has 2 aromatic carbocycles. The summed E-state index contributed by atoms with van der Waals surface area (Å²) in [6.45, 7) is 8.57. The molecular weight excluding hydrogens is 452 g/mol. The number of hydrogen-bond acceptors (Lipinski definition) is 6. The number of benzene rings is 2. The van der Waals surface area contributed by atoms with Gasteiger partial charge in [0.15, 0.2) is 4.34 Å². The minimum absolute atomic E-state index is 0.0325. The van der Waals surface area contributed by atoms with Gasteiger partial charge in [-0.15, -0.1) is 10.2 Å². The van der Waals surface area contributed by atoms with Gasteiger partial charge in [0, 0.05) is 11.3 Å². The summed E-state index contributed by atoms with van der Waals surface area (Å²) in [6.07, 6.45) is 3.38. The van der Waals surface area contributed by atoms with Crippen LogP contribution in [0.1, 0.15) is 62.0 Å². The highest BCUT2D eigenvalue weighted by Crippen LogP contribution is 2.26. The molecular formula is C25H30N4O2S2. The van der Waals surface area contributed by atoms with Gasteiger partial charge in [0.25, 0.3) is 5.91 Å². The SMILES string of the molecule is CCCCc1ccc(NC(=O)CSc2nnc(NC(=O)c3ccc(C(C)(C)C)cc3)s2)cc1. The fourth-order valence-corrected chi connectivity index (χ4v) is 4.62.